The lowest BCUT2D eigenvalue weighted by molar-refractivity contribution is -0.233. The van der Waals surface area contributed by atoms with E-state index in [4.69, 9.17) is 15.2 Å². The van der Waals surface area contributed by atoms with Crippen molar-refractivity contribution in [2.75, 3.05) is 6.54 Å². The maximum atomic E-state index is 13.6. The maximum absolute atomic E-state index is 13.6. The Morgan fingerprint density at radius 3 is 2.13 bits per heavy atom. The summed E-state index contributed by atoms with van der Waals surface area (Å²) in [5.41, 5.74) is 7.63. The molecule has 0 aromatic carbocycles. The molecule has 6 heteroatoms. The Kier molecular flexibility index (Phi) is 9.10. The summed E-state index contributed by atoms with van der Waals surface area (Å²) in [5.74, 6) is 1.45. The Balaban J connectivity index is 1.39. The number of rotatable bonds is 7. The zero-order valence-corrected chi connectivity index (χ0v) is 32.0. The van der Waals surface area contributed by atoms with Gasteiger partial charge in [-0.25, -0.2) is 0 Å². The molecule has 266 valence electrons. The van der Waals surface area contributed by atoms with Gasteiger partial charge in [0.2, 0.25) is 0 Å². The SMILES string of the molecule is CC(C)C1=C2C3CCC4C5(C)CCC(OC(=O)CC(C)(C)C(=O)OC(C)(C)C)C(C)(C)C5CCC4(C)C3(C)CCC2(CCN)CC1=O. The fourth-order valence-corrected chi connectivity index (χ4v) is 12.6. The fraction of sp³-hybridized carbons (Fsp3) is 0.878. The lowest BCUT2D eigenvalue weighted by atomic mass is 9.33. The van der Waals surface area contributed by atoms with Gasteiger partial charge in [-0.05, 0) is 144 Å². The van der Waals surface area contributed by atoms with Crippen LogP contribution in [0.3, 0.4) is 0 Å². The van der Waals surface area contributed by atoms with Gasteiger partial charge < -0.3 is 15.2 Å². The van der Waals surface area contributed by atoms with Crippen molar-refractivity contribution < 1.29 is 23.9 Å². The van der Waals surface area contributed by atoms with Gasteiger partial charge in [0, 0.05) is 17.3 Å². The van der Waals surface area contributed by atoms with Crippen molar-refractivity contribution in [3.8, 4) is 0 Å². The van der Waals surface area contributed by atoms with Crippen LogP contribution in [0.2, 0.25) is 0 Å². The standard InChI is InChI=1S/C41H67NO5/c1-25(2)32-27(43)23-41(21-22-42)20-19-39(11)26(33(32)41)13-14-29-38(10)17-16-30(37(8,9)28(38)15-18-40(29,39)12)46-31(44)24-36(6,7)34(45)47-35(3,4)5/h25-26,28-30H,13-24,42H2,1-12H3. The number of fused-ring (bicyclic) bond motifs is 7. The van der Waals surface area contributed by atoms with E-state index in [9.17, 15) is 14.4 Å². The molecule has 0 spiro atoms. The molecule has 8 atom stereocenters. The maximum Gasteiger partial charge on any atom is 0.312 e. The summed E-state index contributed by atoms with van der Waals surface area (Å²) in [5, 5.41) is 0. The van der Waals surface area contributed by atoms with Crippen molar-refractivity contribution in [3.63, 3.8) is 0 Å². The number of carbonyl (C=O) groups excluding carboxylic acids is 3. The van der Waals surface area contributed by atoms with E-state index in [2.05, 4.69) is 48.5 Å². The van der Waals surface area contributed by atoms with Gasteiger partial charge in [0.15, 0.2) is 5.78 Å². The third kappa shape index (κ3) is 5.67. The molecular weight excluding hydrogens is 586 g/mol. The minimum Gasteiger partial charge on any atom is -0.462 e. The van der Waals surface area contributed by atoms with Gasteiger partial charge in [-0.15, -0.1) is 0 Å². The number of ether oxygens (including phenoxy) is 2. The largest absolute Gasteiger partial charge is 0.462 e. The van der Waals surface area contributed by atoms with E-state index in [1.54, 1.807) is 13.8 Å². The van der Waals surface area contributed by atoms with E-state index in [-0.39, 0.29) is 57.5 Å². The Morgan fingerprint density at radius 1 is 0.872 bits per heavy atom. The van der Waals surface area contributed by atoms with E-state index in [0.717, 1.165) is 44.1 Å². The zero-order valence-electron chi connectivity index (χ0n) is 32.0. The molecule has 47 heavy (non-hydrogen) atoms. The Hall–Kier alpha value is -1.69. The fourth-order valence-electron chi connectivity index (χ4n) is 12.6. The molecule has 0 aliphatic heterocycles. The predicted octanol–water partition coefficient (Wildman–Crippen LogP) is 8.99. The zero-order chi connectivity index (χ0) is 35.2. The highest BCUT2D eigenvalue weighted by atomic mass is 16.6. The quantitative estimate of drug-likeness (QED) is 0.276. The topological polar surface area (TPSA) is 95.7 Å². The molecule has 0 heterocycles. The highest BCUT2D eigenvalue weighted by molar-refractivity contribution is 6.00. The minimum absolute atomic E-state index is 0.0131. The van der Waals surface area contributed by atoms with E-state index >= 15 is 0 Å². The molecule has 0 radical (unpaired) electrons. The number of hydrogen-bond acceptors (Lipinski definition) is 6. The normalized spacial score (nSPS) is 39.9. The van der Waals surface area contributed by atoms with Gasteiger partial charge in [0.25, 0.3) is 0 Å². The first kappa shape index (κ1) is 36.6. The van der Waals surface area contributed by atoms with E-state index in [1.165, 1.54) is 24.8 Å². The molecule has 5 rings (SSSR count). The molecule has 0 aromatic rings. The van der Waals surface area contributed by atoms with Crippen molar-refractivity contribution in [2.45, 2.75) is 165 Å². The number of ketones is 1. The summed E-state index contributed by atoms with van der Waals surface area (Å²) in [6, 6.07) is 0. The first-order chi connectivity index (χ1) is 21.5. The number of allylic oxidation sites excluding steroid dienone is 2. The second-order valence-corrected chi connectivity index (χ2v) is 19.9. The van der Waals surface area contributed by atoms with Crippen LogP contribution in [0, 0.1) is 56.2 Å². The van der Waals surface area contributed by atoms with Crippen molar-refractivity contribution in [3.05, 3.63) is 11.1 Å². The molecule has 0 bridgehead atoms. The average molecular weight is 654 g/mol. The number of hydrogen-bond donors (Lipinski definition) is 1. The highest BCUT2D eigenvalue weighted by Crippen LogP contribution is 2.77. The third-order valence-corrected chi connectivity index (χ3v) is 14.9. The number of nitrogens with two attached hydrogens (primary N) is 1. The molecule has 0 saturated heterocycles. The van der Waals surface area contributed by atoms with Crippen molar-refractivity contribution in [2.24, 2.45) is 61.9 Å². The van der Waals surface area contributed by atoms with Crippen molar-refractivity contribution in [1.29, 1.82) is 0 Å². The first-order valence-corrected chi connectivity index (χ1v) is 18.9. The van der Waals surface area contributed by atoms with Crippen LogP contribution in [-0.2, 0) is 23.9 Å². The molecule has 4 saturated carbocycles. The summed E-state index contributed by atoms with van der Waals surface area (Å²) in [7, 11) is 0. The van der Waals surface area contributed by atoms with Crippen LogP contribution >= 0.6 is 0 Å². The second-order valence-electron chi connectivity index (χ2n) is 19.9. The summed E-state index contributed by atoms with van der Waals surface area (Å²) < 4.78 is 11.9. The van der Waals surface area contributed by atoms with E-state index in [0.29, 0.717) is 36.5 Å². The molecule has 2 N–H and O–H groups in total. The summed E-state index contributed by atoms with van der Waals surface area (Å²) >= 11 is 0. The predicted molar refractivity (Wildman–Crippen MR) is 187 cm³/mol. The Bertz CT molecular complexity index is 1320. The lowest BCUT2D eigenvalue weighted by Gasteiger charge is -2.72. The van der Waals surface area contributed by atoms with Crippen LogP contribution in [0.15, 0.2) is 11.1 Å². The third-order valence-electron chi connectivity index (χ3n) is 14.9. The molecule has 5 aliphatic carbocycles. The van der Waals surface area contributed by atoms with Gasteiger partial charge >= 0.3 is 11.9 Å². The minimum atomic E-state index is -0.949. The number of carbonyl (C=O) groups is 3. The Morgan fingerprint density at radius 2 is 1.53 bits per heavy atom. The van der Waals surface area contributed by atoms with Gasteiger partial charge in [0.1, 0.15) is 11.7 Å². The summed E-state index contributed by atoms with van der Waals surface area (Å²) in [6.45, 7) is 26.6. The van der Waals surface area contributed by atoms with Crippen LogP contribution in [0.25, 0.3) is 0 Å². The average Bonchev–Trinajstić information content (AvgIpc) is 3.21. The first-order valence-electron chi connectivity index (χ1n) is 18.9. The second kappa shape index (κ2) is 11.7. The van der Waals surface area contributed by atoms with Gasteiger partial charge in [-0.2, -0.15) is 0 Å². The lowest BCUT2D eigenvalue weighted by Crippen LogP contribution is -2.65. The molecule has 6 nitrogen and oxygen atoms in total. The van der Waals surface area contributed by atoms with Crippen molar-refractivity contribution in [1.82, 2.24) is 0 Å². The van der Waals surface area contributed by atoms with Crippen LogP contribution in [0.1, 0.15) is 154 Å². The van der Waals surface area contributed by atoms with Crippen LogP contribution in [0.5, 0.6) is 0 Å². The number of esters is 2. The van der Waals surface area contributed by atoms with Crippen LogP contribution in [-0.4, -0.2) is 36.0 Å². The van der Waals surface area contributed by atoms with Crippen molar-refractivity contribution >= 4 is 17.7 Å². The van der Waals surface area contributed by atoms with Gasteiger partial charge in [-0.3, -0.25) is 14.4 Å². The van der Waals surface area contributed by atoms with Gasteiger partial charge in [0.05, 0.1) is 11.8 Å². The molecule has 8 unspecified atom stereocenters. The smallest absolute Gasteiger partial charge is 0.312 e. The van der Waals surface area contributed by atoms with Gasteiger partial charge in [-0.1, -0.05) is 54.0 Å². The molecule has 0 amide bonds. The van der Waals surface area contributed by atoms with E-state index < -0.39 is 11.0 Å². The Labute approximate surface area is 286 Å². The highest BCUT2D eigenvalue weighted by Gasteiger charge is 2.70. The molecule has 5 aliphatic rings. The van der Waals surface area contributed by atoms with Crippen LogP contribution in [0.4, 0.5) is 0 Å². The molecular formula is C41H67NO5. The summed E-state index contributed by atoms with van der Waals surface area (Å²) in [6.07, 6.45) is 10.2. The monoisotopic (exact) mass is 654 g/mol. The molecule has 4 fully saturated rings. The molecule has 0 aromatic heterocycles. The van der Waals surface area contributed by atoms with E-state index in [1.807, 2.05) is 20.8 Å². The number of Topliss-reactive ketones (excluding diaryl/α,β-unsaturated/α-hetero) is 1. The van der Waals surface area contributed by atoms with Crippen LogP contribution < -0.4 is 5.73 Å². The summed E-state index contributed by atoms with van der Waals surface area (Å²) in [4.78, 5) is 39.9.